The van der Waals surface area contributed by atoms with Crippen molar-refractivity contribution < 1.29 is 4.74 Å². The van der Waals surface area contributed by atoms with E-state index in [1.165, 1.54) is 11.1 Å². The number of halogens is 1. The first-order valence-corrected chi connectivity index (χ1v) is 7.90. The molecular formula is C16H23ClN2O. The first-order chi connectivity index (χ1) is 9.62. The van der Waals surface area contributed by atoms with Crippen LogP contribution in [0.25, 0.3) is 0 Å². The summed E-state index contributed by atoms with van der Waals surface area (Å²) in [6.07, 6.45) is 2.12. The third kappa shape index (κ3) is 2.54. The van der Waals surface area contributed by atoms with Crippen LogP contribution in [0.1, 0.15) is 31.4 Å². The summed E-state index contributed by atoms with van der Waals surface area (Å²) in [5.74, 6) is 1.08. The SMILES string of the molecule is CCC1(C)CNCCN1Cc1cc(Cl)cc2c1OCC2. The maximum atomic E-state index is 6.26. The normalized spacial score (nSPS) is 26.4. The second-order valence-corrected chi connectivity index (χ2v) is 6.54. The highest BCUT2D eigenvalue weighted by atomic mass is 35.5. The molecule has 2 aliphatic heterocycles. The summed E-state index contributed by atoms with van der Waals surface area (Å²) in [4.78, 5) is 2.57. The van der Waals surface area contributed by atoms with Gasteiger partial charge in [0.2, 0.25) is 0 Å². The van der Waals surface area contributed by atoms with Crippen LogP contribution in [-0.4, -0.2) is 36.7 Å². The second kappa shape index (κ2) is 5.55. The van der Waals surface area contributed by atoms with Crippen molar-refractivity contribution >= 4 is 11.6 Å². The summed E-state index contributed by atoms with van der Waals surface area (Å²) in [6, 6.07) is 4.12. The van der Waals surface area contributed by atoms with Gasteiger partial charge in [-0.25, -0.2) is 0 Å². The van der Waals surface area contributed by atoms with Crippen molar-refractivity contribution in [3.63, 3.8) is 0 Å². The number of fused-ring (bicyclic) bond motifs is 1. The molecule has 0 aliphatic carbocycles. The van der Waals surface area contributed by atoms with Gasteiger partial charge in [-0.15, -0.1) is 0 Å². The van der Waals surface area contributed by atoms with Gasteiger partial charge in [0, 0.05) is 48.7 Å². The minimum Gasteiger partial charge on any atom is -0.493 e. The van der Waals surface area contributed by atoms with Gasteiger partial charge in [0.15, 0.2) is 0 Å². The minimum atomic E-state index is 0.214. The van der Waals surface area contributed by atoms with E-state index in [2.05, 4.69) is 30.1 Å². The molecule has 1 N–H and O–H groups in total. The topological polar surface area (TPSA) is 24.5 Å². The zero-order valence-electron chi connectivity index (χ0n) is 12.3. The zero-order valence-corrected chi connectivity index (χ0v) is 13.1. The number of nitrogens with zero attached hydrogens (tertiary/aromatic N) is 1. The Hall–Kier alpha value is -0.770. The van der Waals surface area contributed by atoms with Crippen molar-refractivity contribution in [1.82, 2.24) is 10.2 Å². The van der Waals surface area contributed by atoms with E-state index in [1.807, 2.05) is 6.07 Å². The predicted octanol–water partition coefficient (Wildman–Crippen LogP) is 2.85. The highest BCUT2D eigenvalue weighted by molar-refractivity contribution is 6.30. The molecule has 1 saturated heterocycles. The molecule has 1 aromatic carbocycles. The summed E-state index contributed by atoms with van der Waals surface area (Å²) in [6.45, 7) is 9.49. The molecule has 20 heavy (non-hydrogen) atoms. The molecule has 3 rings (SSSR count). The summed E-state index contributed by atoms with van der Waals surface area (Å²) in [7, 11) is 0. The molecule has 0 amide bonds. The van der Waals surface area contributed by atoms with E-state index in [1.54, 1.807) is 0 Å². The Morgan fingerprint density at radius 1 is 1.45 bits per heavy atom. The number of nitrogens with one attached hydrogen (secondary N) is 1. The van der Waals surface area contributed by atoms with Crippen LogP contribution in [0.4, 0.5) is 0 Å². The van der Waals surface area contributed by atoms with Gasteiger partial charge in [-0.1, -0.05) is 18.5 Å². The molecule has 110 valence electrons. The Morgan fingerprint density at radius 3 is 3.10 bits per heavy atom. The monoisotopic (exact) mass is 294 g/mol. The van der Waals surface area contributed by atoms with Crippen LogP contribution in [0.3, 0.4) is 0 Å². The third-order valence-corrected chi connectivity index (χ3v) is 4.99. The van der Waals surface area contributed by atoms with Gasteiger partial charge in [-0.3, -0.25) is 4.90 Å². The molecule has 0 radical (unpaired) electrons. The van der Waals surface area contributed by atoms with Crippen LogP contribution in [0.2, 0.25) is 5.02 Å². The van der Waals surface area contributed by atoms with E-state index in [4.69, 9.17) is 16.3 Å². The predicted molar refractivity (Wildman–Crippen MR) is 82.6 cm³/mol. The Balaban J connectivity index is 1.87. The van der Waals surface area contributed by atoms with E-state index in [9.17, 15) is 0 Å². The number of piperazine rings is 1. The number of hydrogen-bond donors (Lipinski definition) is 1. The molecular weight excluding hydrogens is 272 g/mol. The average Bonchev–Trinajstić information content (AvgIpc) is 2.89. The third-order valence-electron chi connectivity index (χ3n) is 4.78. The van der Waals surface area contributed by atoms with Crippen LogP contribution in [0.5, 0.6) is 5.75 Å². The molecule has 0 aromatic heterocycles. The van der Waals surface area contributed by atoms with Crippen molar-refractivity contribution in [2.24, 2.45) is 0 Å². The molecule has 0 spiro atoms. The first kappa shape index (κ1) is 14.2. The van der Waals surface area contributed by atoms with Crippen molar-refractivity contribution in [3.8, 4) is 5.75 Å². The van der Waals surface area contributed by atoms with Gasteiger partial charge < -0.3 is 10.1 Å². The lowest BCUT2D eigenvalue weighted by atomic mass is 9.93. The Labute approximate surface area is 126 Å². The van der Waals surface area contributed by atoms with Crippen LogP contribution in [0, 0.1) is 0 Å². The fraction of sp³-hybridized carbons (Fsp3) is 0.625. The van der Waals surface area contributed by atoms with Gasteiger partial charge in [0.25, 0.3) is 0 Å². The highest BCUT2D eigenvalue weighted by Gasteiger charge is 2.33. The summed E-state index contributed by atoms with van der Waals surface area (Å²) >= 11 is 6.26. The van der Waals surface area contributed by atoms with E-state index in [-0.39, 0.29) is 5.54 Å². The molecule has 1 unspecified atom stereocenters. The summed E-state index contributed by atoms with van der Waals surface area (Å²) in [5, 5.41) is 4.34. The largest absolute Gasteiger partial charge is 0.493 e. The first-order valence-electron chi connectivity index (χ1n) is 7.52. The van der Waals surface area contributed by atoms with Gasteiger partial charge in [-0.05, 0) is 31.0 Å². The fourth-order valence-corrected chi connectivity index (χ4v) is 3.50. The summed E-state index contributed by atoms with van der Waals surface area (Å²) < 4.78 is 5.83. The molecule has 2 aliphatic rings. The molecule has 3 nitrogen and oxygen atoms in total. The summed E-state index contributed by atoms with van der Waals surface area (Å²) in [5.41, 5.74) is 2.72. The van der Waals surface area contributed by atoms with Crippen LogP contribution < -0.4 is 10.1 Å². The van der Waals surface area contributed by atoms with Crippen molar-refractivity contribution in [2.45, 2.75) is 38.8 Å². The zero-order chi connectivity index (χ0) is 14.2. The maximum Gasteiger partial charge on any atom is 0.127 e. The molecule has 1 aromatic rings. The van der Waals surface area contributed by atoms with Gasteiger partial charge in [0.1, 0.15) is 5.75 Å². The number of rotatable bonds is 3. The highest BCUT2D eigenvalue weighted by Crippen LogP contribution is 2.35. The van der Waals surface area contributed by atoms with Crippen LogP contribution in [-0.2, 0) is 13.0 Å². The molecule has 1 atom stereocenters. The van der Waals surface area contributed by atoms with Crippen LogP contribution >= 0.6 is 11.6 Å². The fourth-order valence-electron chi connectivity index (χ4n) is 3.24. The molecule has 0 bridgehead atoms. The average molecular weight is 295 g/mol. The van der Waals surface area contributed by atoms with Gasteiger partial charge >= 0.3 is 0 Å². The van der Waals surface area contributed by atoms with Crippen molar-refractivity contribution in [3.05, 3.63) is 28.3 Å². The Kier molecular flexibility index (Phi) is 3.93. The number of hydrogen-bond acceptors (Lipinski definition) is 3. The molecule has 2 heterocycles. The van der Waals surface area contributed by atoms with E-state index in [0.717, 1.165) is 56.4 Å². The number of benzene rings is 1. The molecule has 0 saturated carbocycles. The number of ether oxygens (including phenoxy) is 1. The van der Waals surface area contributed by atoms with Gasteiger partial charge in [-0.2, -0.15) is 0 Å². The van der Waals surface area contributed by atoms with Crippen molar-refractivity contribution in [1.29, 1.82) is 0 Å². The Morgan fingerprint density at radius 2 is 2.30 bits per heavy atom. The minimum absolute atomic E-state index is 0.214. The van der Waals surface area contributed by atoms with Crippen molar-refractivity contribution in [2.75, 3.05) is 26.2 Å². The quantitative estimate of drug-likeness (QED) is 0.928. The Bertz CT molecular complexity index is 505. The standard InChI is InChI=1S/C16H23ClN2O/c1-3-16(2)11-18-5-6-19(16)10-13-9-14(17)8-12-4-7-20-15(12)13/h8-9,18H,3-7,10-11H2,1-2H3. The van der Waals surface area contributed by atoms with E-state index in [0.29, 0.717) is 0 Å². The van der Waals surface area contributed by atoms with Gasteiger partial charge in [0.05, 0.1) is 6.61 Å². The van der Waals surface area contributed by atoms with E-state index >= 15 is 0 Å². The lowest BCUT2D eigenvalue weighted by Gasteiger charge is -2.45. The molecule has 1 fully saturated rings. The lowest BCUT2D eigenvalue weighted by molar-refractivity contribution is 0.0630. The second-order valence-electron chi connectivity index (χ2n) is 6.10. The molecule has 4 heteroatoms. The lowest BCUT2D eigenvalue weighted by Crippen LogP contribution is -2.58. The maximum absolute atomic E-state index is 6.26. The smallest absolute Gasteiger partial charge is 0.127 e. The van der Waals surface area contributed by atoms with E-state index < -0.39 is 0 Å². The van der Waals surface area contributed by atoms with Crippen LogP contribution in [0.15, 0.2) is 12.1 Å².